The number of hydrogen-bond acceptors (Lipinski definition) is 8. The van der Waals surface area contributed by atoms with Crippen LogP contribution in [0.2, 0.25) is 0 Å². The smallest absolute Gasteiger partial charge is 0.226 e. The van der Waals surface area contributed by atoms with Gasteiger partial charge in [0.2, 0.25) is 5.95 Å². The number of aryl methyl sites for hydroxylation is 1. The van der Waals surface area contributed by atoms with Crippen LogP contribution >= 0.6 is 11.3 Å². The molecule has 8 nitrogen and oxygen atoms in total. The number of aromatic amines is 1. The Morgan fingerprint density at radius 2 is 1.97 bits per heavy atom. The second-order valence-electron chi connectivity index (χ2n) is 9.75. The summed E-state index contributed by atoms with van der Waals surface area (Å²) in [5.74, 6) is 4.04. The van der Waals surface area contributed by atoms with E-state index in [2.05, 4.69) is 20.8 Å². The molecule has 3 aromatic rings. The van der Waals surface area contributed by atoms with Crippen LogP contribution in [0.5, 0.6) is 0 Å². The van der Waals surface area contributed by atoms with Crippen molar-refractivity contribution in [2.75, 3.05) is 31.3 Å². The van der Waals surface area contributed by atoms with Crippen LogP contribution < -0.4 is 10.6 Å². The number of nitrogens with zero attached hydrogens (tertiary/aromatic N) is 4. The van der Waals surface area contributed by atoms with E-state index in [0.717, 1.165) is 53.2 Å². The predicted molar refractivity (Wildman–Crippen MR) is 129 cm³/mol. The summed E-state index contributed by atoms with van der Waals surface area (Å²) in [7, 11) is 3.95. The summed E-state index contributed by atoms with van der Waals surface area (Å²) in [6, 6.07) is 4.35. The number of aromatic nitrogens is 4. The molecule has 3 unspecified atom stereocenters. The Morgan fingerprint density at radius 3 is 2.66 bits per heavy atom. The molecule has 2 aliphatic carbocycles. The first-order valence-corrected chi connectivity index (χ1v) is 12.3. The van der Waals surface area contributed by atoms with E-state index in [1.165, 1.54) is 6.42 Å². The minimum Gasteiger partial charge on any atom is -0.351 e. The van der Waals surface area contributed by atoms with E-state index in [0.29, 0.717) is 36.2 Å². The molecule has 3 aromatic heterocycles. The number of H-pyrrole nitrogens is 1. The van der Waals surface area contributed by atoms with E-state index < -0.39 is 0 Å². The Labute approximate surface area is 192 Å². The van der Waals surface area contributed by atoms with Crippen molar-refractivity contribution in [3.05, 3.63) is 23.2 Å². The highest BCUT2D eigenvalue weighted by Crippen LogP contribution is 2.43. The van der Waals surface area contributed by atoms with E-state index in [1.807, 2.05) is 43.4 Å². The van der Waals surface area contributed by atoms with Gasteiger partial charge in [0.25, 0.3) is 0 Å². The molecule has 0 amide bonds. The molecule has 4 atom stereocenters. The van der Waals surface area contributed by atoms with Crippen molar-refractivity contribution in [2.24, 2.45) is 17.8 Å². The number of ketones is 1. The number of Topliss-reactive ketones (excluding diaryl/α,β-unsaturated/α-hetero) is 1. The van der Waals surface area contributed by atoms with Gasteiger partial charge >= 0.3 is 0 Å². The molecule has 0 saturated heterocycles. The molecule has 0 aromatic carbocycles. The van der Waals surface area contributed by atoms with Gasteiger partial charge in [0.1, 0.15) is 16.4 Å². The molecule has 2 bridgehead atoms. The van der Waals surface area contributed by atoms with Gasteiger partial charge in [0.05, 0.1) is 11.9 Å². The number of carbonyl (C=O) groups excluding carboxylic acids is 1. The van der Waals surface area contributed by atoms with Crippen molar-refractivity contribution in [3.8, 4) is 0 Å². The van der Waals surface area contributed by atoms with Gasteiger partial charge in [-0.2, -0.15) is 10.1 Å². The van der Waals surface area contributed by atoms with Gasteiger partial charge in [-0.25, -0.2) is 4.98 Å². The molecule has 3 heterocycles. The van der Waals surface area contributed by atoms with Crippen LogP contribution in [0.4, 0.5) is 17.6 Å². The molecule has 9 heteroatoms. The van der Waals surface area contributed by atoms with Gasteiger partial charge in [-0.3, -0.25) is 9.89 Å². The summed E-state index contributed by atoms with van der Waals surface area (Å²) in [5, 5.41) is 17.2. The molecular formula is C23H31N7OS. The number of hydrogen-bond donors (Lipinski definition) is 3. The average molecular weight is 454 g/mol. The Kier molecular flexibility index (Phi) is 5.86. The lowest BCUT2D eigenvalue weighted by Crippen LogP contribution is -2.40. The molecule has 3 N–H and O–H groups in total. The third-order valence-corrected chi connectivity index (χ3v) is 7.48. The number of thiophene rings is 1. The third-order valence-electron chi connectivity index (χ3n) is 6.68. The highest BCUT2D eigenvalue weighted by molar-refractivity contribution is 7.16. The number of rotatable bonds is 7. The van der Waals surface area contributed by atoms with Crippen LogP contribution in [-0.2, 0) is 4.79 Å². The topological polar surface area (TPSA) is 98.8 Å². The molecule has 170 valence electrons. The normalized spacial score (nSPS) is 25.2. The molecule has 0 aliphatic heterocycles. The van der Waals surface area contributed by atoms with Crippen molar-refractivity contribution in [1.82, 2.24) is 25.1 Å². The zero-order valence-corrected chi connectivity index (χ0v) is 19.7. The van der Waals surface area contributed by atoms with Gasteiger partial charge in [-0.05, 0) is 76.4 Å². The highest BCUT2D eigenvalue weighted by Gasteiger charge is 2.38. The summed E-state index contributed by atoms with van der Waals surface area (Å²) in [4.78, 5) is 25.1. The molecule has 0 spiro atoms. The van der Waals surface area contributed by atoms with Gasteiger partial charge in [-0.1, -0.05) is 0 Å². The molecule has 2 fully saturated rings. The fraction of sp³-hybridized carbons (Fsp3) is 0.565. The second-order valence-corrected chi connectivity index (χ2v) is 10.6. The zero-order valence-electron chi connectivity index (χ0n) is 18.9. The third kappa shape index (κ3) is 4.63. The number of likely N-dealkylation sites (N-methyl/N-ethyl adjacent to an activating group) is 1. The van der Waals surface area contributed by atoms with Crippen molar-refractivity contribution in [3.63, 3.8) is 0 Å². The summed E-state index contributed by atoms with van der Waals surface area (Å²) < 4.78 is 0. The van der Waals surface area contributed by atoms with E-state index in [1.54, 1.807) is 11.3 Å². The first-order chi connectivity index (χ1) is 15.4. The lowest BCUT2D eigenvalue weighted by Gasteiger charge is -2.42. The average Bonchev–Trinajstić information content (AvgIpc) is 3.35. The maximum Gasteiger partial charge on any atom is 0.226 e. The number of nitrogens with one attached hydrogen (secondary N) is 3. The number of carbonyl (C=O) groups is 1. The quantitative estimate of drug-likeness (QED) is 0.493. The van der Waals surface area contributed by atoms with Crippen molar-refractivity contribution in [2.45, 2.75) is 45.1 Å². The monoisotopic (exact) mass is 453 g/mol. The van der Waals surface area contributed by atoms with Crippen LogP contribution in [-0.4, -0.2) is 57.5 Å². The Morgan fingerprint density at radius 1 is 1.19 bits per heavy atom. The maximum absolute atomic E-state index is 12.6. The molecule has 2 saturated carbocycles. The number of anilines is 3. The molecule has 0 radical (unpaired) electrons. The first-order valence-electron chi connectivity index (χ1n) is 11.4. The summed E-state index contributed by atoms with van der Waals surface area (Å²) in [6.45, 7) is 2.54. The van der Waals surface area contributed by atoms with Crippen LogP contribution in [0.25, 0.3) is 10.2 Å². The van der Waals surface area contributed by atoms with E-state index in [-0.39, 0.29) is 5.92 Å². The summed E-state index contributed by atoms with van der Waals surface area (Å²) in [5.41, 5.74) is 0.998. The largest absolute Gasteiger partial charge is 0.351 e. The Bertz CT molecular complexity index is 1090. The van der Waals surface area contributed by atoms with Crippen LogP contribution in [0.15, 0.2) is 17.5 Å². The van der Waals surface area contributed by atoms with Gasteiger partial charge in [0.15, 0.2) is 5.82 Å². The van der Waals surface area contributed by atoms with Gasteiger partial charge in [0, 0.05) is 23.7 Å². The van der Waals surface area contributed by atoms with Crippen molar-refractivity contribution < 1.29 is 4.79 Å². The fourth-order valence-electron chi connectivity index (χ4n) is 5.47. The van der Waals surface area contributed by atoms with E-state index in [9.17, 15) is 4.79 Å². The van der Waals surface area contributed by atoms with Crippen molar-refractivity contribution >= 4 is 44.9 Å². The standard InChI is InChI=1S/C23H31N7OS/c1-13-6-20(29-28-13)25-21-18-4-5-32-22(18)27-23(26-21)24-17-10-14-7-15(11-17)9-16(8-14)19(31)12-30(2)3/h4-6,14-17H,7-12H2,1-3H3,(H3,24,25,26,27,28,29)/t14-,15?,16?,17?/m1/s1. The van der Waals surface area contributed by atoms with Gasteiger partial charge < -0.3 is 15.5 Å². The summed E-state index contributed by atoms with van der Waals surface area (Å²) in [6.07, 6.45) is 5.46. The number of fused-ring (bicyclic) bond motifs is 3. The van der Waals surface area contributed by atoms with Crippen LogP contribution in [0, 0.1) is 24.7 Å². The van der Waals surface area contributed by atoms with Crippen molar-refractivity contribution in [1.29, 1.82) is 0 Å². The molecular weight excluding hydrogens is 422 g/mol. The SMILES string of the molecule is Cc1cc(Nc2nc(NC3CC4CC(C(=O)CN(C)C)C[C@@H](C4)C3)nc3sccc23)n[nH]1. The minimum atomic E-state index is 0.230. The predicted octanol–water partition coefficient (Wildman–Crippen LogP) is 4.20. The lowest BCUT2D eigenvalue weighted by atomic mass is 9.65. The highest BCUT2D eigenvalue weighted by atomic mass is 32.1. The zero-order chi connectivity index (χ0) is 22.2. The Balaban J connectivity index is 1.29. The fourth-order valence-corrected chi connectivity index (χ4v) is 6.24. The lowest BCUT2D eigenvalue weighted by molar-refractivity contribution is -0.126. The van der Waals surface area contributed by atoms with E-state index in [4.69, 9.17) is 9.97 Å². The molecule has 32 heavy (non-hydrogen) atoms. The molecule has 2 aliphatic rings. The second kappa shape index (κ2) is 8.78. The minimum absolute atomic E-state index is 0.230. The Hall–Kier alpha value is -2.52. The maximum atomic E-state index is 12.6. The van der Waals surface area contributed by atoms with Crippen LogP contribution in [0.3, 0.4) is 0 Å². The molecule has 5 rings (SSSR count). The first kappa shape index (κ1) is 21.3. The summed E-state index contributed by atoms with van der Waals surface area (Å²) >= 11 is 1.62. The van der Waals surface area contributed by atoms with Crippen LogP contribution in [0.1, 0.15) is 37.8 Å². The van der Waals surface area contributed by atoms with Gasteiger partial charge in [-0.15, -0.1) is 11.3 Å². The van der Waals surface area contributed by atoms with E-state index >= 15 is 0 Å².